The molecule has 0 saturated heterocycles. The molecule has 2 heterocycles. The van der Waals surface area contributed by atoms with Gasteiger partial charge >= 0.3 is 0 Å². The number of nitro groups is 1. The fourth-order valence-corrected chi connectivity index (χ4v) is 3.01. The molecule has 1 amide bonds. The van der Waals surface area contributed by atoms with E-state index in [1.807, 2.05) is 18.2 Å². The van der Waals surface area contributed by atoms with Crippen molar-refractivity contribution in [1.82, 2.24) is 9.97 Å². The van der Waals surface area contributed by atoms with Crippen LogP contribution < -0.4 is 5.73 Å². The molecule has 0 unspecified atom stereocenters. The van der Waals surface area contributed by atoms with Gasteiger partial charge in [0, 0.05) is 40.4 Å². The highest BCUT2D eigenvalue weighted by molar-refractivity contribution is 5.95. The number of pyridine rings is 2. The molecule has 7 heteroatoms. The Morgan fingerprint density at radius 1 is 0.964 bits per heavy atom. The van der Waals surface area contributed by atoms with Crippen molar-refractivity contribution in [2.45, 2.75) is 0 Å². The Balaban J connectivity index is 1.92. The molecule has 0 fully saturated rings. The minimum Gasteiger partial charge on any atom is -0.366 e. The summed E-state index contributed by atoms with van der Waals surface area (Å²) in [4.78, 5) is 31.1. The van der Waals surface area contributed by atoms with E-state index in [0.29, 0.717) is 28.0 Å². The molecular weight excluding hydrogens is 356 g/mol. The van der Waals surface area contributed by atoms with E-state index >= 15 is 0 Å². The number of aromatic nitrogens is 2. The third-order valence-corrected chi connectivity index (χ3v) is 4.38. The monoisotopic (exact) mass is 370 g/mol. The molecule has 4 aromatic rings. The van der Waals surface area contributed by atoms with E-state index in [0.717, 1.165) is 10.9 Å². The smallest absolute Gasteiger partial charge is 0.270 e. The van der Waals surface area contributed by atoms with Crippen LogP contribution in [0.2, 0.25) is 0 Å². The van der Waals surface area contributed by atoms with Crippen molar-refractivity contribution in [2.75, 3.05) is 0 Å². The lowest BCUT2D eigenvalue weighted by atomic mass is 10.0. The number of nitro benzene ring substituents is 1. The van der Waals surface area contributed by atoms with Crippen LogP contribution in [0.4, 0.5) is 5.69 Å². The second kappa shape index (κ2) is 6.88. The topological polar surface area (TPSA) is 112 Å². The number of amides is 1. The first-order chi connectivity index (χ1) is 13.5. The molecule has 136 valence electrons. The van der Waals surface area contributed by atoms with Crippen molar-refractivity contribution in [3.8, 4) is 22.5 Å². The number of primary amides is 1. The average molecular weight is 370 g/mol. The van der Waals surface area contributed by atoms with Crippen molar-refractivity contribution >= 4 is 22.5 Å². The van der Waals surface area contributed by atoms with Gasteiger partial charge in [0.1, 0.15) is 0 Å². The Bertz CT molecular complexity index is 1220. The van der Waals surface area contributed by atoms with Gasteiger partial charge in [-0.25, -0.2) is 4.98 Å². The van der Waals surface area contributed by atoms with Crippen LogP contribution >= 0.6 is 0 Å². The first-order valence-electron chi connectivity index (χ1n) is 8.44. The Kier molecular flexibility index (Phi) is 4.25. The van der Waals surface area contributed by atoms with Gasteiger partial charge in [0.2, 0.25) is 5.91 Å². The van der Waals surface area contributed by atoms with Crippen molar-refractivity contribution < 1.29 is 9.72 Å². The van der Waals surface area contributed by atoms with E-state index in [4.69, 9.17) is 10.7 Å². The summed E-state index contributed by atoms with van der Waals surface area (Å²) < 4.78 is 0. The molecule has 0 atom stereocenters. The molecule has 2 aromatic carbocycles. The summed E-state index contributed by atoms with van der Waals surface area (Å²) >= 11 is 0. The number of nitrogens with zero attached hydrogens (tertiary/aromatic N) is 3. The van der Waals surface area contributed by atoms with Gasteiger partial charge in [-0.15, -0.1) is 0 Å². The van der Waals surface area contributed by atoms with Gasteiger partial charge in [-0.1, -0.05) is 30.3 Å². The molecule has 2 N–H and O–H groups in total. The number of hydrogen-bond donors (Lipinski definition) is 1. The summed E-state index contributed by atoms with van der Waals surface area (Å²) in [5.41, 5.74) is 8.96. The molecular formula is C21H14N4O3. The first kappa shape index (κ1) is 17.3. The molecule has 0 aliphatic rings. The van der Waals surface area contributed by atoms with Crippen LogP contribution in [0.15, 0.2) is 72.9 Å². The van der Waals surface area contributed by atoms with Gasteiger partial charge in [-0.2, -0.15) is 0 Å². The number of non-ortho nitro benzene ring substituents is 1. The van der Waals surface area contributed by atoms with Gasteiger partial charge in [0.25, 0.3) is 5.69 Å². The molecule has 4 rings (SSSR count). The van der Waals surface area contributed by atoms with Gasteiger partial charge in [-0.05, 0) is 24.3 Å². The molecule has 0 saturated carbocycles. The maximum absolute atomic E-state index is 11.3. The number of benzene rings is 2. The first-order valence-corrected chi connectivity index (χ1v) is 8.44. The lowest BCUT2D eigenvalue weighted by Crippen LogP contribution is -2.10. The Morgan fingerprint density at radius 2 is 1.75 bits per heavy atom. The van der Waals surface area contributed by atoms with Gasteiger partial charge in [0.05, 0.1) is 21.8 Å². The summed E-state index contributed by atoms with van der Waals surface area (Å²) in [5.74, 6) is -0.500. The van der Waals surface area contributed by atoms with Crippen LogP contribution in [0, 0.1) is 10.1 Å². The normalized spacial score (nSPS) is 10.7. The van der Waals surface area contributed by atoms with Crippen LogP contribution in [-0.4, -0.2) is 20.8 Å². The Labute approximate surface area is 159 Å². The van der Waals surface area contributed by atoms with E-state index in [2.05, 4.69) is 4.98 Å². The van der Waals surface area contributed by atoms with Crippen LogP contribution in [0.5, 0.6) is 0 Å². The van der Waals surface area contributed by atoms with Gasteiger partial charge < -0.3 is 5.73 Å². The SMILES string of the molecule is NC(=O)c1ccc(-c2cc3cccnc3c(-c3cccc([N+](=O)[O-])c3)n2)cc1. The summed E-state index contributed by atoms with van der Waals surface area (Å²) in [7, 11) is 0. The Hall–Kier alpha value is -4.13. The summed E-state index contributed by atoms with van der Waals surface area (Å²) in [6.45, 7) is 0. The fraction of sp³-hybridized carbons (Fsp3) is 0. The number of fused-ring (bicyclic) bond motifs is 1. The van der Waals surface area contributed by atoms with Crippen molar-refractivity contribution in [2.24, 2.45) is 5.73 Å². The molecule has 0 radical (unpaired) electrons. The predicted octanol–water partition coefficient (Wildman–Crippen LogP) is 3.97. The largest absolute Gasteiger partial charge is 0.366 e. The standard InChI is InChI=1S/C21H14N4O3/c22-21(26)14-8-6-13(7-9-14)18-12-16-4-2-10-23-19(16)20(24-18)15-3-1-5-17(11-15)25(27)28/h1-12H,(H2,22,26). The van der Waals surface area contributed by atoms with Crippen molar-refractivity contribution in [1.29, 1.82) is 0 Å². The van der Waals surface area contributed by atoms with E-state index in [1.54, 1.807) is 42.6 Å². The molecule has 2 aromatic heterocycles. The number of nitrogens with two attached hydrogens (primary N) is 1. The van der Waals surface area contributed by atoms with E-state index in [-0.39, 0.29) is 5.69 Å². The lowest BCUT2D eigenvalue weighted by molar-refractivity contribution is -0.384. The quantitative estimate of drug-likeness (QED) is 0.431. The second-order valence-corrected chi connectivity index (χ2v) is 6.18. The highest BCUT2D eigenvalue weighted by atomic mass is 16.6. The molecule has 0 spiro atoms. The number of carbonyl (C=O) groups excluding carboxylic acids is 1. The highest BCUT2D eigenvalue weighted by Crippen LogP contribution is 2.31. The minimum atomic E-state index is -0.500. The van der Waals surface area contributed by atoms with E-state index < -0.39 is 10.8 Å². The van der Waals surface area contributed by atoms with Crippen molar-refractivity contribution in [3.63, 3.8) is 0 Å². The summed E-state index contributed by atoms with van der Waals surface area (Å²) in [6.07, 6.45) is 1.66. The zero-order valence-electron chi connectivity index (χ0n) is 14.6. The maximum atomic E-state index is 11.3. The molecule has 28 heavy (non-hydrogen) atoms. The zero-order valence-corrected chi connectivity index (χ0v) is 14.6. The molecule has 0 bridgehead atoms. The van der Waals surface area contributed by atoms with E-state index in [1.165, 1.54) is 12.1 Å². The van der Waals surface area contributed by atoms with Crippen molar-refractivity contribution in [3.05, 3.63) is 88.6 Å². The van der Waals surface area contributed by atoms with Crippen LogP contribution in [0.1, 0.15) is 10.4 Å². The van der Waals surface area contributed by atoms with Gasteiger partial charge in [-0.3, -0.25) is 19.9 Å². The summed E-state index contributed by atoms with van der Waals surface area (Å²) in [6, 6.07) is 18.7. The number of hydrogen-bond acceptors (Lipinski definition) is 5. The molecule has 0 aliphatic heterocycles. The van der Waals surface area contributed by atoms with Crippen LogP contribution in [0.3, 0.4) is 0 Å². The number of carbonyl (C=O) groups is 1. The average Bonchev–Trinajstić information content (AvgIpc) is 2.73. The second-order valence-electron chi connectivity index (χ2n) is 6.18. The van der Waals surface area contributed by atoms with Crippen LogP contribution in [-0.2, 0) is 0 Å². The molecule has 0 aliphatic carbocycles. The fourth-order valence-electron chi connectivity index (χ4n) is 3.01. The predicted molar refractivity (Wildman–Crippen MR) is 106 cm³/mol. The Morgan fingerprint density at radius 3 is 2.46 bits per heavy atom. The molecule has 7 nitrogen and oxygen atoms in total. The summed E-state index contributed by atoms with van der Waals surface area (Å²) in [5, 5.41) is 12.0. The minimum absolute atomic E-state index is 0.0143. The maximum Gasteiger partial charge on any atom is 0.270 e. The third kappa shape index (κ3) is 3.16. The lowest BCUT2D eigenvalue weighted by Gasteiger charge is -2.10. The third-order valence-electron chi connectivity index (χ3n) is 4.38. The highest BCUT2D eigenvalue weighted by Gasteiger charge is 2.14. The van der Waals surface area contributed by atoms with Crippen LogP contribution in [0.25, 0.3) is 33.4 Å². The van der Waals surface area contributed by atoms with E-state index in [9.17, 15) is 14.9 Å². The zero-order chi connectivity index (χ0) is 19.7. The van der Waals surface area contributed by atoms with Gasteiger partial charge in [0.15, 0.2) is 0 Å². The number of rotatable bonds is 4.